The van der Waals surface area contributed by atoms with Crippen molar-refractivity contribution < 1.29 is 13.9 Å². The Bertz CT molecular complexity index is 1480. The van der Waals surface area contributed by atoms with Gasteiger partial charge in [-0.05, 0) is 122 Å². The molecule has 2 aliphatic carbocycles. The Balaban J connectivity index is 0.962. The number of aromatic nitrogens is 2. The Hall–Kier alpha value is -3.19. The molecule has 1 amide bonds. The quantitative estimate of drug-likeness (QED) is 0.241. The predicted octanol–water partition coefficient (Wildman–Crippen LogP) is 8.00. The average molecular weight is 613 g/mol. The van der Waals surface area contributed by atoms with Crippen LogP contribution in [0.15, 0.2) is 40.9 Å². The van der Waals surface area contributed by atoms with Crippen molar-refractivity contribution in [3.8, 4) is 0 Å². The molecule has 1 saturated heterocycles. The van der Waals surface area contributed by atoms with Gasteiger partial charge in [0.25, 0.3) is 5.91 Å². The lowest BCUT2D eigenvalue weighted by atomic mass is 9.62. The van der Waals surface area contributed by atoms with Crippen LogP contribution >= 0.6 is 0 Å². The molecule has 7 nitrogen and oxygen atoms in total. The Morgan fingerprint density at radius 1 is 0.978 bits per heavy atom. The molecule has 0 spiro atoms. The van der Waals surface area contributed by atoms with Crippen LogP contribution in [0.2, 0.25) is 0 Å². The summed E-state index contributed by atoms with van der Waals surface area (Å²) >= 11 is 0. The van der Waals surface area contributed by atoms with Gasteiger partial charge in [-0.25, -0.2) is 9.97 Å². The lowest BCUT2D eigenvalue weighted by Gasteiger charge is -2.42. The Kier molecular flexibility index (Phi) is 9.37. The minimum Gasteiger partial charge on any atom is -0.456 e. The maximum Gasteiger partial charge on any atom is 0.286 e. The van der Waals surface area contributed by atoms with E-state index in [0.29, 0.717) is 36.7 Å². The van der Waals surface area contributed by atoms with Gasteiger partial charge in [0.1, 0.15) is 17.4 Å². The van der Waals surface area contributed by atoms with Crippen LogP contribution in [0.1, 0.15) is 136 Å². The second-order valence-electron chi connectivity index (χ2n) is 15.1. The second kappa shape index (κ2) is 13.3. The first-order valence-electron chi connectivity index (χ1n) is 17.3. The number of hydrogen-bond donors (Lipinski definition) is 2. The molecular weight excluding hydrogens is 560 g/mol. The van der Waals surface area contributed by atoms with Gasteiger partial charge in [-0.2, -0.15) is 0 Å². The standard InChI is InChI=1S/C38H52N4O3/c1-25-21-31-32(38(4,5)17-16-37(31,2)3)23-28(25)22-29-12-13-33(45-29)36(43)40-18-14-26-8-10-27(11-9-26)35-39-19-15-34(42-35)41-24-30-7-6-20-44-30/h12-13,15,19,21,23,26-27,30H,6-11,14,16-18,20,22,24H2,1-5H3,(H,40,43)(H,39,41,42). The van der Waals surface area contributed by atoms with E-state index in [1.165, 1.54) is 35.1 Å². The lowest BCUT2D eigenvalue weighted by Crippen LogP contribution is -2.34. The second-order valence-corrected chi connectivity index (χ2v) is 15.1. The van der Waals surface area contributed by atoms with Gasteiger partial charge in [0.05, 0.1) is 6.10 Å². The zero-order valence-electron chi connectivity index (χ0n) is 28.0. The molecule has 6 rings (SSSR count). The molecule has 45 heavy (non-hydrogen) atoms. The summed E-state index contributed by atoms with van der Waals surface area (Å²) in [5, 5.41) is 6.54. The zero-order chi connectivity index (χ0) is 31.6. The number of amides is 1. The number of aryl methyl sites for hydroxylation is 1. The number of furan rings is 1. The van der Waals surface area contributed by atoms with Crippen molar-refractivity contribution in [2.24, 2.45) is 5.92 Å². The Morgan fingerprint density at radius 2 is 1.73 bits per heavy atom. The third-order valence-electron chi connectivity index (χ3n) is 10.8. The maximum absolute atomic E-state index is 12.9. The minimum absolute atomic E-state index is 0.124. The Labute approximate surface area is 269 Å². The fourth-order valence-corrected chi connectivity index (χ4v) is 7.62. The van der Waals surface area contributed by atoms with Crippen molar-refractivity contribution >= 4 is 11.7 Å². The van der Waals surface area contributed by atoms with Gasteiger partial charge in [0.2, 0.25) is 0 Å². The molecule has 1 aliphatic heterocycles. The van der Waals surface area contributed by atoms with E-state index in [9.17, 15) is 4.79 Å². The summed E-state index contributed by atoms with van der Waals surface area (Å²) in [4.78, 5) is 22.4. The van der Waals surface area contributed by atoms with Crippen molar-refractivity contribution in [2.45, 2.75) is 122 Å². The summed E-state index contributed by atoms with van der Waals surface area (Å²) in [6.07, 6.45) is 13.0. The number of nitrogens with zero attached hydrogens (tertiary/aromatic N) is 2. The van der Waals surface area contributed by atoms with E-state index in [4.69, 9.17) is 14.1 Å². The molecular formula is C38H52N4O3. The van der Waals surface area contributed by atoms with Gasteiger partial charge >= 0.3 is 0 Å². The number of carbonyl (C=O) groups excluding carboxylic acids is 1. The number of nitrogens with one attached hydrogen (secondary N) is 2. The SMILES string of the molecule is Cc1cc2c(cc1Cc1ccc(C(=O)NCCC3CCC(c4nccc(NCC5CCCO5)n4)CC3)o1)C(C)(C)CCC2(C)C. The number of ether oxygens (including phenoxy) is 1. The largest absolute Gasteiger partial charge is 0.456 e. The summed E-state index contributed by atoms with van der Waals surface area (Å²) in [6, 6.07) is 10.5. The highest BCUT2D eigenvalue weighted by molar-refractivity contribution is 5.91. The Morgan fingerprint density at radius 3 is 2.47 bits per heavy atom. The molecule has 1 saturated carbocycles. The smallest absolute Gasteiger partial charge is 0.286 e. The minimum atomic E-state index is -0.124. The molecule has 3 aliphatic rings. The van der Waals surface area contributed by atoms with Gasteiger partial charge in [0.15, 0.2) is 5.76 Å². The fraction of sp³-hybridized carbons (Fsp3) is 0.605. The van der Waals surface area contributed by atoms with Gasteiger partial charge < -0.3 is 19.8 Å². The molecule has 2 aromatic heterocycles. The van der Waals surface area contributed by atoms with Crippen molar-refractivity contribution in [1.29, 1.82) is 0 Å². The van der Waals surface area contributed by atoms with Crippen LogP contribution in [0.25, 0.3) is 0 Å². The summed E-state index contributed by atoms with van der Waals surface area (Å²) in [7, 11) is 0. The summed E-state index contributed by atoms with van der Waals surface area (Å²) in [5.41, 5.74) is 5.88. The van der Waals surface area contributed by atoms with E-state index in [-0.39, 0.29) is 16.7 Å². The first-order chi connectivity index (χ1) is 21.6. The summed E-state index contributed by atoms with van der Waals surface area (Å²) < 4.78 is 11.8. The fourth-order valence-electron chi connectivity index (χ4n) is 7.62. The number of carbonyl (C=O) groups is 1. The predicted molar refractivity (Wildman–Crippen MR) is 179 cm³/mol. The molecule has 242 valence electrons. The van der Waals surface area contributed by atoms with Crippen molar-refractivity contribution in [3.63, 3.8) is 0 Å². The molecule has 0 radical (unpaired) electrons. The van der Waals surface area contributed by atoms with Crippen LogP contribution in [0, 0.1) is 12.8 Å². The summed E-state index contributed by atoms with van der Waals surface area (Å²) in [5.74, 6) is 3.96. The number of rotatable bonds is 10. The van der Waals surface area contributed by atoms with E-state index in [2.05, 4.69) is 62.4 Å². The summed E-state index contributed by atoms with van der Waals surface area (Å²) in [6.45, 7) is 14.0. The first kappa shape index (κ1) is 31.8. The van der Waals surface area contributed by atoms with E-state index in [0.717, 1.165) is 75.5 Å². The monoisotopic (exact) mass is 612 g/mol. The molecule has 2 fully saturated rings. The average Bonchev–Trinajstić information content (AvgIpc) is 3.73. The molecule has 2 N–H and O–H groups in total. The van der Waals surface area contributed by atoms with Gasteiger partial charge in [-0.3, -0.25) is 4.79 Å². The van der Waals surface area contributed by atoms with Gasteiger partial charge in [-0.15, -0.1) is 0 Å². The van der Waals surface area contributed by atoms with Crippen LogP contribution in [-0.4, -0.2) is 41.7 Å². The van der Waals surface area contributed by atoms with Gasteiger partial charge in [-0.1, -0.05) is 39.8 Å². The van der Waals surface area contributed by atoms with Crippen LogP contribution in [0.4, 0.5) is 5.82 Å². The highest BCUT2D eigenvalue weighted by Crippen LogP contribution is 2.46. The highest BCUT2D eigenvalue weighted by Gasteiger charge is 2.37. The normalized spacial score (nSPS) is 23.8. The van der Waals surface area contributed by atoms with Crippen LogP contribution in [0.3, 0.4) is 0 Å². The van der Waals surface area contributed by atoms with Crippen LogP contribution < -0.4 is 10.6 Å². The van der Waals surface area contributed by atoms with E-state index >= 15 is 0 Å². The molecule has 1 unspecified atom stereocenters. The van der Waals surface area contributed by atoms with Crippen LogP contribution in [-0.2, 0) is 22.0 Å². The molecule has 3 heterocycles. The molecule has 1 atom stereocenters. The van der Waals surface area contributed by atoms with Crippen LogP contribution in [0.5, 0.6) is 0 Å². The molecule has 3 aromatic rings. The van der Waals surface area contributed by atoms with E-state index in [1.54, 1.807) is 0 Å². The maximum atomic E-state index is 12.9. The number of anilines is 1. The van der Waals surface area contributed by atoms with Gasteiger partial charge in [0, 0.05) is 38.2 Å². The lowest BCUT2D eigenvalue weighted by molar-refractivity contribution is 0.0920. The van der Waals surface area contributed by atoms with E-state index < -0.39 is 0 Å². The molecule has 0 bridgehead atoms. The molecule has 7 heteroatoms. The van der Waals surface area contributed by atoms with Crippen molar-refractivity contribution in [1.82, 2.24) is 15.3 Å². The van der Waals surface area contributed by atoms with E-state index in [1.807, 2.05) is 24.4 Å². The van der Waals surface area contributed by atoms with Crippen molar-refractivity contribution in [3.05, 3.63) is 76.1 Å². The topological polar surface area (TPSA) is 89.3 Å². The number of hydrogen-bond acceptors (Lipinski definition) is 6. The van der Waals surface area contributed by atoms with Crippen molar-refractivity contribution in [2.75, 3.05) is 25.0 Å². The first-order valence-corrected chi connectivity index (χ1v) is 17.3. The number of fused-ring (bicyclic) bond motifs is 1. The third-order valence-corrected chi connectivity index (χ3v) is 10.8. The molecule has 1 aromatic carbocycles. The zero-order valence-corrected chi connectivity index (χ0v) is 28.0. The number of benzene rings is 1. The third kappa shape index (κ3) is 7.45. The highest BCUT2D eigenvalue weighted by atomic mass is 16.5.